The number of nitro benzene ring substituents is 1. The third-order valence-corrected chi connectivity index (χ3v) is 7.15. The van der Waals surface area contributed by atoms with Crippen molar-refractivity contribution in [3.05, 3.63) is 52.6 Å². The van der Waals surface area contributed by atoms with Gasteiger partial charge >= 0.3 is 40.4 Å². The second-order valence-corrected chi connectivity index (χ2v) is 10.5. The van der Waals surface area contributed by atoms with E-state index in [-0.39, 0.29) is 12.1 Å². The van der Waals surface area contributed by atoms with Gasteiger partial charge in [-0.15, -0.1) is 0 Å². The van der Waals surface area contributed by atoms with Crippen LogP contribution in [0.1, 0.15) is 0 Å². The van der Waals surface area contributed by atoms with Gasteiger partial charge in [0.2, 0.25) is 0 Å². The molecule has 0 aliphatic heterocycles. The first-order valence-corrected chi connectivity index (χ1v) is 12.3. The van der Waals surface area contributed by atoms with E-state index < -0.39 is 102 Å². The van der Waals surface area contributed by atoms with Crippen molar-refractivity contribution in [2.45, 2.75) is 44.5 Å². The Morgan fingerprint density at radius 3 is 1.93 bits per heavy atom. The SMILES string of the molecule is O=C(COc1ccc(S(=O)C(F)(F)C(F)(F)C(F)(F)F)cc1[N+](=O)[O-])Nc1cccc(SC(F)(F)C(F)(F)C(F)(F)F)c1. The maximum Gasteiger partial charge on any atom is 0.461 e. The minimum atomic E-state index is -6.86. The summed E-state index contributed by atoms with van der Waals surface area (Å²) in [6, 6.07) is 3.41. The number of thioether (sulfide) groups is 1. The summed E-state index contributed by atoms with van der Waals surface area (Å²) in [7, 11) is -4.51. The van der Waals surface area contributed by atoms with Gasteiger partial charge in [-0.2, -0.15) is 61.5 Å². The molecule has 0 bridgehead atoms. The van der Waals surface area contributed by atoms with Gasteiger partial charge in [-0.25, -0.2) is 4.21 Å². The molecule has 240 valence electrons. The van der Waals surface area contributed by atoms with Crippen LogP contribution in [0.5, 0.6) is 5.75 Å². The summed E-state index contributed by atoms with van der Waals surface area (Å²) in [6.45, 7) is -1.24. The summed E-state index contributed by atoms with van der Waals surface area (Å²) in [5.41, 5.74) is -1.92. The van der Waals surface area contributed by atoms with Crippen LogP contribution in [-0.4, -0.2) is 56.4 Å². The van der Waals surface area contributed by atoms with E-state index in [4.69, 9.17) is 4.74 Å². The van der Waals surface area contributed by atoms with E-state index in [0.717, 1.165) is 12.1 Å². The first kappa shape index (κ1) is 35.8. The van der Waals surface area contributed by atoms with Crippen LogP contribution >= 0.6 is 11.8 Å². The normalized spacial score (nSPS) is 14.3. The summed E-state index contributed by atoms with van der Waals surface area (Å²) in [4.78, 5) is 19.4. The van der Waals surface area contributed by atoms with E-state index in [1.54, 1.807) is 0 Å². The van der Waals surface area contributed by atoms with Crippen LogP contribution in [-0.2, 0) is 15.6 Å². The number of rotatable bonds is 11. The zero-order valence-corrected chi connectivity index (χ0v) is 21.5. The smallest absolute Gasteiger partial charge is 0.461 e. The highest BCUT2D eigenvalue weighted by molar-refractivity contribution is 8.00. The lowest BCUT2D eigenvalue weighted by atomic mass is 10.3. The summed E-state index contributed by atoms with van der Waals surface area (Å²) >= 11 is -1.20. The van der Waals surface area contributed by atoms with Gasteiger partial charge in [0.1, 0.15) is 10.8 Å². The molecule has 0 aromatic heterocycles. The molecule has 43 heavy (non-hydrogen) atoms. The predicted octanol–water partition coefficient (Wildman–Crippen LogP) is 7.39. The Morgan fingerprint density at radius 2 is 1.42 bits per heavy atom. The first-order chi connectivity index (χ1) is 19.3. The van der Waals surface area contributed by atoms with Gasteiger partial charge in [-0.05, 0) is 42.1 Å². The Bertz CT molecular complexity index is 1400. The van der Waals surface area contributed by atoms with Crippen LogP contribution in [0.4, 0.5) is 72.8 Å². The molecule has 0 saturated carbocycles. The van der Waals surface area contributed by atoms with Gasteiger partial charge in [0, 0.05) is 16.6 Å². The van der Waals surface area contributed by atoms with Gasteiger partial charge in [0.25, 0.3) is 5.91 Å². The molecule has 1 unspecified atom stereocenters. The number of nitrogens with zero attached hydrogens (tertiary/aromatic N) is 1. The van der Waals surface area contributed by atoms with Crippen LogP contribution in [0, 0.1) is 10.1 Å². The number of nitrogens with one attached hydrogen (secondary N) is 1. The Morgan fingerprint density at radius 1 is 0.860 bits per heavy atom. The molecule has 2 aromatic carbocycles. The molecular weight excluding hydrogens is 678 g/mol. The Balaban J connectivity index is 2.20. The quantitative estimate of drug-likeness (QED) is 0.115. The van der Waals surface area contributed by atoms with Gasteiger partial charge in [0.05, 0.1) is 9.82 Å². The Hall–Kier alpha value is -3.37. The molecule has 0 aliphatic rings. The number of benzene rings is 2. The third kappa shape index (κ3) is 7.41. The van der Waals surface area contributed by atoms with Crippen LogP contribution in [0.15, 0.2) is 52.3 Å². The van der Waals surface area contributed by atoms with Crippen molar-refractivity contribution in [3.8, 4) is 5.75 Å². The van der Waals surface area contributed by atoms with E-state index in [0.29, 0.717) is 18.2 Å². The fourth-order valence-electron chi connectivity index (χ4n) is 2.66. The second-order valence-electron chi connectivity index (χ2n) is 7.80. The lowest BCUT2D eigenvalue weighted by Gasteiger charge is -2.27. The van der Waals surface area contributed by atoms with Crippen molar-refractivity contribution in [1.82, 2.24) is 0 Å². The highest BCUT2D eigenvalue weighted by Gasteiger charge is 2.76. The molecule has 0 spiro atoms. The number of anilines is 1. The van der Waals surface area contributed by atoms with Crippen molar-refractivity contribution in [1.29, 1.82) is 0 Å². The molecule has 23 heteroatoms. The van der Waals surface area contributed by atoms with Crippen LogP contribution in [0.25, 0.3) is 0 Å². The fraction of sp³-hybridized carbons (Fsp3) is 0.350. The van der Waals surface area contributed by atoms with Crippen molar-refractivity contribution in [3.63, 3.8) is 0 Å². The number of amides is 1. The Labute approximate surface area is 235 Å². The minimum absolute atomic E-state index is 0.0959. The van der Waals surface area contributed by atoms with E-state index in [2.05, 4.69) is 0 Å². The van der Waals surface area contributed by atoms with Gasteiger partial charge in [0.15, 0.2) is 12.4 Å². The first-order valence-electron chi connectivity index (χ1n) is 10.3. The standard InChI is InChI=1S/C20H10F14N2O5S2/c21-15(22,17(25,26)27)19(31,32)42-10-3-1-2-9(6-10)35-14(37)8-41-13-5-4-11(7-12(13)36(38)39)43(40)20(33,34)16(23,24)18(28,29)30/h1-7H,8H2,(H,35,37). The number of carbonyl (C=O) groups is 1. The number of hydrogen-bond donors (Lipinski definition) is 1. The van der Waals surface area contributed by atoms with Crippen molar-refractivity contribution in [2.75, 3.05) is 11.9 Å². The Kier molecular flexibility index (Phi) is 9.96. The monoisotopic (exact) mass is 688 g/mol. The van der Waals surface area contributed by atoms with Crippen molar-refractivity contribution < 1.29 is 80.1 Å². The van der Waals surface area contributed by atoms with Gasteiger partial charge < -0.3 is 10.1 Å². The lowest BCUT2D eigenvalue weighted by Crippen LogP contribution is -2.54. The molecule has 0 heterocycles. The maximum absolute atomic E-state index is 13.7. The topological polar surface area (TPSA) is 98.5 Å². The third-order valence-electron chi connectivity index (χ3n) is 4.74. The molecule has 1 amide bonds. The predicted molar refractivity (Wildman–Crippen MR) is 118 cm³/mol. The largest absolute Gasteiger partial charge is 0.477 e. The molecule has 0 fully saturated rings. The summed E-state index contributed by atoms with van der Waals surface area (Å²) in [5, 5.41) is 1.16. The molecule has 7 nitrogen and oxygen atoms in total. The van der Waals surface area contributed by atoms with E-state index >= 15 is 0 Å². The van der Waals surface area contributed by atoms with E-state index in [1.165, 1.54) is 0 Å². The second kappa shape index (κ2) is 12.0. The number of hydrogen-bond acceptors (Lipinski definition) is 6. The molecule has 0 radical (unpaired) electrons. The molecule has 1 atom stereocenters. The maximum atomic E-state index is 13.7. The highest BCUT2D eigenvalue weighted by atomic mass is 32.2. The number of alkyl halides is 14. The number of nitro groups is 1. The summed E-state index contributed by atoms with van der Waals surface area (Å²) < 4.78 is 198. The molecule has 2 aromatic rings. The van der Waals surface area contributed by atoms with Gasteiger partial charge in [-0.1, -0.05) is 6.07 Å². The number of halogens is 14. The van der Waals surface area contributed by atoms with E-state index in [9.17, 15) is 80.6 Å². The van der Waals surface area contributed by atoms with E-state index in [1.807, 2.05) is 5.32 Å². The van der Waals surface area contributed by atoms with Gasteiger partial charge in [-0.3, -0.25) is 14.9 Å². The number of carbonyl (C=O) groups excluding carboxylic acids is 1. The average molecular weight is 688 g/mol. The van der Waals surface area contributed by atoms with Crippen molar-refractivity contribution >= 4 is 39.8 Å². The molecule has 0 aliphatic carbocycles. The number of ether oxygens (including phenoxy) is 1. The van der Waals surface area contributed by atoms with Crippen molar-refractivity contribution in [2.24, 2.45) is 0 Å². The lowest BCUT2D eigenvalue weighted by molar-refractivity contribution is -0.386. The molecule has 2 rings (SSSR count). The molecule has 1 N–H and O–H groups in total. The minimum Gasteiger partial charge on any atom is -0.477 e. The summed E-state index contributed by atoms with van der Waals surface area (Å²) in [5.74, 6) is -15.6. The molecule has 0 saturated heterocycles. The highest BCUT2D eigenvalue weighted by Crippen LogP contribution is 2.54. The van der Waals surface area contributed by atoms with Crippen LogP contribution < -0.4 is 10.1 Å². The summed E-state index contributed by atoms with van der Waals surface area (Å²) in [6.07, 6.45) is -13.5. The zero-order chi connectivity index (χ0) is 33.4. The zero-order valence-electron chi connectivity index (χ0n) is 19.8. The van der Waals surface area contributed by atoms with Crippen LogP contribution in [0.2, 0.25) is 0 Å². The fourth-order valence-corrected chi connectivity index (χ4v) is 4.59. The average Bonchev–Trinajstić information content (AvgIpc) is 2.85. The van der Waals surface area contributed by atoms with Crippen LogP contribution in [0.3, 0.4) is 0 Å². The molecular formula is C20H10F14N2O5S2.